The van der Waals surface area contributed by atoms with Crippen LogP contribution in [-0.4, -0.2) is 169 Å². The summed E-state index contributed by atoms with van der Waals surface area (Å²) in [6.45, 7) is 7.60. The third kappa shape index (κ3) is 18.9. The summed E-state index contributed by atoms with van der Waals surface area (Å²) >= 11 is -2.62. The molecule has 0 spiro atoms. The van der Waals surface area contributed by atoms with Crippen LogP contribution in [0.1, 0.15) is 86.0 Å². The van der Waals surface area contributed by atoms with E-state index in [0.29, 0.717) is 19.4 Å². The van der Waals surface area contributed by atoms with Crippen molar-refractivity contribution in [1.29, 1.82) is 0 Å². The van der Waals surface area contributed by atoms with Gasteiger partial charge in [0.15, 0.2) is 17.0 Å². The number of amides is 8. The molecule has 0 saturated carbocycles. The smallest absolute Gasteiger partial charge is 0.325 e. The molecule has 2 rings (SSSR count). The van der Waals surface area contributed by atoms with Crippen molar-refractivity contribution in [2.75, 3.05) is 31.9 Å². The molecule has 0 aromatic rings. The summed E-state index contributed by atoms with van der Waals surface area (Å²) in [4.78, 5) is 135. The first-order valence-electron chi connectivity index (χ1n) is 21.6. The van der Waals surface area contributed by atoms with Crippen LogP contribution in [0.3, 0.4) is 0 Å². The van der Waals surface area contributed by atoms with Gasteiger partial charge in [-0.2, -0.15) is 0 Å². The monoisotopic (exact) mass is 958 g/mol. The van der Waals surface area contributed by atoms with Crippen LogP contribution < -0.4 is 54.0 Å². The van der Waals surface area contributed by atoms with Crippen molar-refractivity contribution < 1.29 is 66.9 Å². The number of rotatable bonds is 27. The minimum Gasteiger partial charge on any atom is -0.481 e. The Morgan fingerprint density at radius 3 is 1.92 bits per heavy atom. The van der Waals surface area contributed by atoms with E-state index in [1.54, 1.807) is 27.7 Å². The van der Waals surface area contributed by atoms with Gasteiger partial charge in [-0.3, -0.25) is 52.9 Å². The summed E-state index contributed by atoms with van der Waals surface area (Å²) < 4.78 is 21.5. The zero-order valence-corrected chi connectivity index (χ0v) is 38.6. The highest BCUT2D eigenvalue weighted by Gasteiger charge is 2.40. The molecule has 2 fully saturated rings. The molecule has 66 heavy (non-hydrogen) atoms. The number of carboxylic acid groups (broad SMARTS) is 2. The minimum absolute atomic E-state index is 0.0284. The maximum Gasteiger partial charge on any atom is 0.325 e. The Balaban J connectivity index is 2.16. The highest BCUT2D eigenvalue weighted by Crippen LogP contribution is 2.21. The number of carboxylic acids is 2. The lowest BCUT2D eigenvalue weighted by molar-refractivity contribution is -0.143. The normalized spacial score (nSPS) is 18.9. The number of likely N-dealkylation sites (tertiary alicyclic amines) is 1. The van der Waals surface area contributed by atoms with Gasteiger partial charge in [-0.15, -0.1) is 0 Å². The highest BCUT2D eigenvalue weighted by atomic mass is 32.2. The molecule has 2 aliphatic rings. The van der Waals surface area contributed by atoms with Gasteiger partial charge in [-0.05, 0) is 70.3 Å². The summed E-state index contributed by atoms with van der Waals surface area (Å²) in [5, 5.41) is 38.6. The van der Waals surface area contributed by atoms with Crippen LogP contribution in [0.2, 0.25) is 0 Å². The van der Waals surface area contributed by atoms with Crippen LogP contribution in [0.4, 0.5) is 0 Å². The van der Waals surface area contributed by atoms with Gasteiger partial charge in [-0.1, -0.05) is 27.7 Å². The first-order chi connectivity index (χ1) is 30.9. The van der Waals surface area contributed by atoms with E-state index in [1.165, 1.54) is 11.8 Å². The largest absolute Gasteiger partial charge is 0.481 e. The number of hydrogen-bond acceptors (Lipinski definition) is 13. The van der Waals surface area contributed by atoms with Gasteiger partial charge in [0.25, 0.3) is 0 Å². The molecular weight excluding hydrogens is 893 g/mol. The number of carbonyl (C=O) groups excluding carboxylic acids is 8. The molecule has 9 atom stereocenters. The van der Waals surface area contributed by atoms with Crippen LogP contribution in [0.5, 0.6) is 0 Å². The van der Waals surface area contributed by atoms with Crippen molar-refractivity contribution in [3.8, 4) is 0 Å². The second-order valence-electron chi connectivity index (χ2n) is 16.7. The zero-order valence-electron chi connectivity index (χ0n) is 37.8. The number of aliphatic carboxylic acids is 2. The fourth-order valence-corrected chi connectivity index (χ4v) is 7.54. The Labute approximate surface area is 384 Å². The van der Waals surface area contributed by atoms with E-state index in [4.69, 9.17) is 11.5 Å². The number of nitrogens with zero attached hydrogens (tertiary/aromatic N) is 2. The summed E-state index contributed by atoms with van der Waals surface area (Å²) in [7, 11) is 0. The first-order valence-corrected chi connectivity index (χ1v) is 22.9. The second kappa shape index (κ2) is 27.5. The zero-order chi connectivity index (χ0) is 49.8. The molecule has 0 aliphatic carbocycles. The predicted molar refractivity (Wildman–Crippen MR) is 236 cm³/mol. The SMILES string of the molecule is CC(C)[C@H](NC(=O)[C@H](CCC(=O)O)NC(=O)[C@@H]1CCCN1C(=O)[C@@H](NC(=O)CNC(=O)[C@H](CS(=O)O)NC(=O)[C@H](CCCN=C(N)N)NC(=O)[C@@H]1CCCN1)C(C)C)C(=O)N[C@@H](C)C(=O)O. The van der Waals surface area contributed by atoms with E-state index >= 15 is 0 Å². The molecular formula is C39H66N12O14S. The van der Waals surface area contributed by atoms with Crippen LogP contribution >= 0.6 is 0 Å². The van der Waals surface area contributed by atoms with Gasteiger partial charge < -0.3 is 73.7 Å². The van der Waals surface area contributed by atoms with Gasteiger partial charge in [0.1, 0.15) is 42.3 Å². The third-order valence-corrected chi connectivity index (χ3v) is 11.3. The number of carbonyl (C=O) groups is 10. The van der Waals surface area contributed by atoms with Crippen LogP contribution in [0.25, 0.3) is 0 Å². The lowest BCUT2D eigenvalue weighted by atomic mass is 10.0. The van der Waals surface area contributed by atoms with Crippen LogP contribution in [0.15, 0.2) is 4.99 Å². The molecule has 372 valence electrons. The Bertz CT molecular complexity index is 1820. The van der Waals surface area contributed by atoms with Gasteiger partial charge in [-0.25, -0.2) is 4.21 Å². The molecule has 26 nitrogen and oxygen atoms in total. The topological polar surface area (TPSA) is 412 Å². The lowest BCUT2D eigenvalue weighted by Crippen LogP contribution is -2.60. The van der Waals surface area contributed by atoms with E-state index in [0.717, 1.165) is 6.42 Å². The second-order valence-corrected chi connectivity index (χ2v) is 17.7. The number of nitrogens with two attached hydrogens (primary N) is 2. The highest BCUT2D eigenvalue weighted by molar-refractivity contribution is 7.79. The van der Waals surface area contributed by atoms with Crippen LogP contribution in [-0.2, 0) is 59.0 Å². The van der Waals surface area contributed by atoms with Gasteiger partial charge in [0.05, 0.1) is 18.3 Å². The molecule has 2 aliphatic heterocycles. The lowest BCUT2D eigenvalue weighted by Gasteiger charge is -2.31. The number of hydrogen-bond donors (Lipinski definition) is 13. The molecule has 2 saturated heterocycles. The average molecular weight is 959 g/mol. The molecule has 0 aromatic carbocycles. The van der Waals surface area contributed by atoms with Crippen molar-refractivity contribution in [2.45, 2.75) is 134 Å². The fraction of sp³-hybridized carbons (Fsp3) is 0.718. The van der Waals surface area contributed by atoms with E-state index in [1.807, 2.05) is 0 Å². The predicted octanol–water partition coefficient (Wildman–Crippen LogP) is -4.69. The van der Waals surface area contributed by atoms with E-state index in [9.17, 15) is 66.9 Å². The first kappa shape index (κ1) is 56.2. The molecule has 15 N–H and O–H groups in total. The molecule has 0 aromatic heterocycles. The van der Waals surface area contributed by atoms with Gasteiger partial charge in [0, 0.05) is 19.5 Å². The third-order valence-electron chi connectivity index (χ3n) is 10.7. The Hall–Kier alpha value is -5.96. The van der Waals surface area contributed by atoms with E-state index in [-0.39, 0.29) is 38.3 Å². The summed E-state index contributed by atoms with van der Waals surface area (Å²) in [6, 6.07) is -9.89. The standard InChI is InChI=1S/C39H66N12O14S/c1-19(2)29(36(60)45-21(5)38(62)63)50-34(58)24(12-13-28(53)54)47-35(59)26-11-8-16-51(26)37(61)30(20(3)4)49-27(52)17-44-31(55)25(18-66(64)65)48-33(57)23(10-7-15-43-39(40)41)46-32(56)22-9-6-14-42-22/h19-26,29-30,42H,6-18H2,1-5H3,(H,44,55)(H,45,60)(H,46,56)(H,47,59)(H,48,57)(H,49,52)(H,50,58)(H,53,54)(H,62,63)(H,64,65)(H4,40,41,43)/t21-,22-,23-,24-,25-,26-,29-,30-/m0/s1. The van der Waals surface area contributed by atoms with Crippen molar-refractivity contribution in [1.82, 2.24) is 47.4 Å². The molecule has 0 bridgehead atoms. The van der Waals surface area contributed by atoms with Crippen molar-refractivity contribution >= 4 is 76.2 Å². The van der Waals surface area contributed by atoms with Crippen molar-refractivity contribution in [3.05, 3.63) is 0 Å². The van der Waals surface area contributed by atoms with Gasteiger partial charge in [0.2, 0.25) is 47.3 Å². The van der Waals surface area contributed by atoms with Crippen molar-refractivity contribution in [2.24, 2.45) is 28.3 Å². The number of nitrogens with one attached hydrogen (secondary N) is 8. The minimum atomic E-state index is -2.62. The fourth-order valence-electron chi connectivity index (χ4n) is 7.02. The molecule has 2 heterocycles. The average Bonchev–Trinajstić information content (AvgIpc) is 3.96. The molecule has 0 radical (unpaired) electrons. The summed E-state index contributed by atoms with van der Waals surface area (Å²) in [6.07, 6.45) is 1.02. The molecule has 27 heteroatoms. The number of guanidine groups is 1. The van der Waals surface area contributed by atoms with Crippen LogP contribution in [0, 0.1) is 11.8 Å². The van der Waals surface area contributed by atoms with Crippen molar-refractivity contribution in [3.63, 3.8) is 0 Å². The quantitative estimate of drug-likeness (QED) is 0.0159. The Morgan fingerprint density at radius 1 is 0.742 bits per heavy atom. The maximum atomic E-state index is 14.0. The number of aliphatic imine (C=N–C) groups is 1. The summed E-state index contributed by atoms with van der Waals surface area (Å²) in [5.74, 6) is -11.2. The Morgan fingerprint density at radius 2 is 1.36 bits per heavy atom. The Kier molecular flexibility index (Phi) is 23.4. The van der Waals surface area contributed by atoms with Gasteiger partial charge >= 0.3 is 11.9 Å². The summed E-state index contributed by atoms with van der Waals surface area (Å²) in [5.41, 5.74) is 10.7. The van der Waals surface area contributed by atoms with E-state index in [2.05, 4.69) is 47.5 Å². The maximum absolute atomic E-state index is 14.0. The molecule has 8 amide bonds. The van der Waals surface area contributed by atoms with E-state index < -0.39 is 156 Å². The molecule has 1 unspecified atom stereocenters.